The lowest BCUT2D eigenvalue weighted by Gasteiger charge is -2.46. The van der Waals surface area contributed by atoms with Crippen LogP contribution in [-0.4, -0.2) is 17.9 Å². The maximum Gasteiger partial charge on any atom is 0.213 e. The Morgan fingerprint density at radius 2 is 2.20 bits per heavy atom. The largest absolute Gasteiger partial charge is 0.481 e. The number of rotatable bonds is 1. The Morgan fingerprint density at radius 3 is 2.85 bits per heavy atom. The van der Waals surface area contributed by atoms with E-state index in [0.717, 1.165) is 11.3 Å². The second-order valence-electron chi connectivity index (χ2n) is 6.08. The van der Waals surface area contributed by atoms with Gasteiger partial charge >= 0.3 is 0 Å². The fourth-order valence-corrected chi connectivity index (χ4v) is 3.75. The standard InChI is InChI=1S/C16H18N2O2/c1-9-7-16(8-17)12-4-5-14(20-3)18-13(12)6-11(10(9)2)15(16)19/h4-5,9-11H,6-7H2,1-3H3. The van der Waals surface area contributed by atoms with Gasteiger partial charge in [0.1, 0.15) is 5.41 Å². The van der Waals surface area contributed by atoms with Crippen LogP contribution in [0, 0.1) is 29.1 Å². The maximum atomic E-state index is 12.8. The van der Waals surface area contributed by atoms with Gasteiger partial charge in [0.25, 0.3) is 0 Å². The first kappa shape index (κ1) is 13.1. The molecule has 0 amide bonds. The van der Waals surface area contributed by atoms with Gasteiger partial charge in [-0.3, -0.25) is 4.79 Å². The van der Waals surface area contributed by atoms with Crippen molar-refractivity contribution in [3.05, 3.63) is 23.4 Å². The molecule has 3 rings (SSSR count). The van der Waals surface area contributed by atoms with Gasteiger partial charge in [0.15, 0.2) is 5.78 Å². The normalized spacial score (nSPS) is 35.1. The molecule has 104 valence electrons. The van der Waals surface area contributed by atoms with E-state index in [1.807, 2.05) is 6.07 Å². The second-order valence-corrected chi connectivity index (χ2v) is 6.08. The summed E-state index contributed by atoms with van der Waals surface area (Å²) in [6, 6.07) is 5.91. The van der Waals surface area contributed by atoms with Crippen LogP contribution in [0.3, 0.4) is 0 Å². The molecule has 1 aromatic heterocycles. The summed E-state index contributed by atoms with van der Waals surface area (Å²) in [4.78, 5) is 17.2. The molecule has 1 aromatic rings. The summed E-state index contributed by atoms with van der Waals surface area (Å²) in [7, 11) is 1.58. The van der Waals surface area contributed by atoms with E-state index < -0.39 is 5.41 Å². The summed E-state index contributed by atoms with van der Waals surface area (Å²) < 4.78 is 5.16. The highest BCUT2D eigenvalue weighted by atomic mass is 16.5. The van der Waals surface area contributed by atoms with Crippen molar-refractivity contribution in [2.75, 3.05) is 7.11 Å². The SMILES string of the molecule is COc1ccc2c(n1)CC1C(=O)C2(C#N)CC(C)C1C. The van der Waals surface area contributed by atoms with E-state index in [2.05, 4.69) is 24.9 Å². The third-order valence-electron chi connectivity index (χ3n) is 5.14. The molecule has 0 radical (unpaired) electrons. The zero-order chi connectivity index (χ0) is 14.5. The number of aromatic nitrogens is 1. The van der Waals surface area contributed by atoms with Crippen molar-refractivity contribution >= 4 is 5.78 Å². The van der Waals surface area contributed by atoms with Crippen LogP contribution in [0.5, 0.6) is 5.88 Å². The number of ketones is 1. The van der Waals surface area contributed by atoms with Crippen LogP contribution in [0.1, 0.15) is 31.5 Å². The molecule has 0 spiro atoms. The van der Waals surface area contributed by atoms with Crippen molar-refractivity contribution in [1.82, 2.24) is 4.98 Å². The van der Waals surface area contributed by atoms with Crippen molar-refractivity contribution in [1.29, 1.82) is 5.26 Å². The molecule has 1 saturated carbocycles. The Kier molecular flexibility index (Phi) is 2.82. The average Bonchev–Trinajstić information content (AvgIpc) is 2.46. The lowest BCUT2D eigenvalue weighted by molar-refractivity contribution is -0.134. The summed E-state index contributed by atoms with van der Waals surface area (Å²) in [6.07, 6.45) is 1.22. The van der Waals surface area contributed by atoms with Crippen LogP contribution < -0.4 is 4.74 Å². The smallest absolute Gasteiger partial charge is 0.213 e. The van der Waals surface area contributed by atoms with E-state index >= 15 is 0 Å². The highest BCUT2D eigenvalue weighted by molar-refractivity contribution is 5.97. The van der Waals surface area contributed by atoms with Crippen LogP contribution in [0.4, 0.5) is 0 Å². The first-order valence-corrected chi connectivity index (χ1v) is 7.03. The molecule has 2 aliphatic carbocycles. The Morgan fingerprint density at radius 1 is 1.45 bits per heavy atom. The van der Waals surface area contributed by atoms with Crippen LogP contribution in [0.25, 0.3) is 0 Å². The van der Waals surface area contributed by atoms with Crippen molar-refractivity contribution < 1.29 is 9.53 Å². The van der Waals surface area contributed by atoms with Crippen LogP contribution >= 0.6 is 0 Å². The van der Waals surface area contributed by atoms with Gasteiger partial charge in [-0.15, -0.1) is 0 Å². The van der Waals surface area contributed by atoms with Gasteiger partial charge in [0, 0.05) is 24.0 Å². The van der Waals surface area contributed by atoms with Crippen molar-refractivity contribution in [2.45, 2.75) is 32.1 Å². The van der Waals surface area contributed by atoms with E-state index in [9.17, 15) is 10.1 Å². The van der Waals surface area contributed by atoms with E-state index in [1.54, 1.807) is 13.2 Å². The van der Waals surface area contributed by atoms with Gasteiger partial charge in [-0.05, 0) is 24.3 Å². The number of ether oxygens (including phenoxy) is 1. The van der Waals surface area contributed by atoms with E-state index in [1.165, 1.54) is 0 Å². The molecule has 4 nitrogen and oxygen atoms in total. The van der Waals surface area contributed by atoms with Crippen molar-refractivity contribution in [3.8, 4) is 11.9 Å². The predicted molar refractivity (Wildman–Crippen MR) is 73.2 cm³/mol. The summed E-state index contributed by atoms with van der Waals surface area (Å²) in [6.45, 7) is 4.25. The topological polar surface area (TPSA) is 63.0 Å². The third-order valence-corrected chi connectivity index (χ3v) is 5.14. The minimum atomic E-state index is -0.997. The van der Waals surface area contributed by atoms with Gasteiger partial charge in [-0.1, -0.05) is 13.8 Å². The molecule has 4 atom stereocenters. The highest BCUT2D eigenvalue weighted by Crippen LogP contribution is 2.50. The quantitative estimate of drug-likeness (QED) is 0.785. The molecule has 0 aliphatic heterocycles. The number of hydrogen-bond donors (Lipinski definition) is 0. The summed E-state index contributed by atoms with van der Waals surface area (Å²) in [5.41, 5.74) is 0.652. The molecule has 0 saturated heterocycles. The zero-order valence-electron chi connectivity index (χ0n) is 12.0. The molecule has 2 bridgehead atoms. The number of Topliss-reactive ketones (excluding diaryl/α,β-unsaturated/α-hetero) is 1. The Balaban J connectivity index is 2.21. The Hall–Kier alpha value is -1.89. The molecule has 0 aromatic carbocycles. The number of hydrogen-bond acceptors (Lipinski definition) is 4. The summed E-state index contributed by atoms with van der Waals surface area (Å²) in [5.74, 6) is 1.21. The number of nitrogens with zero attached hydrogens (tertiary/aromatic N) is 2. The Bertz CT molecular complexity index is 619. The van der Waals surface area contributed by atoms with Crippen LogP contribution in [0.2, 0.25) is 0 Å². The maximum absolute atomic E-state index is 12.8. The predicted octanol–water partition coefficient (Wildman–Crippen LogP) is 2.27. The monoisotopic (exact) mass is 270 g/mol. The molecule has 4 heteroatoms. The third kappa shape index (κ3) is 1.53. The van der Waals surface area contributed by atoms with Crippen molar-refractivity contribution in [2.24, 2.45) is 17.8 Å². The highest BCUT2D eigenvalue weighted by Gasteiger charge is 2.55. The molecule has 0 N–H and O–H groups in total. The molecular formula is C16H18N2O2. The van der Waals surface area contributed by atoms with E-state index in [4.69, 9.17) is 4.74 Å². The average molecular weight is 270 g/mol. The molecule has 1 fully saturated rings. The van der Waals surface area contributed by atoms with Crippen LogP contribution in [0.15, 0.2) is 12.1 Å². The number of carbonyl (C=O) groups is 1. The minimum Gasteiger partial charge on any atom is -0.481 e. The van der Waals surface area contributed by atoms with Gasteiger partial charge in [-0.2, -0.15) is 5.26 Å². The van der Waals surface area contributed by atoms with Crippen LogP contribution in [-0.2, 0) is 16.6 Å². The lowest BCUT2D eigenvalue weighted by atomic mass is 9.54. The van der Waals surface area contributed by atoms with Gasteiger partial charge in [0.05, 0.1) is 18.9 Å². The summed E-state index contributed by atoms with van der Waals surface area (Å²) >= 11 is 0. The zero-order valence-corrected chi connectivity index (χ0v) is 12.0. The van der Waals surface area contributed by atoms with Gasteiger partial charge in [-0.25, -0.2) is 4.98 Å². The van der Waals surface area contributed by atoms with Crippen molar-refractivity contribution in [3.63, 3.8) is 0 Å². The van der Waals surface area contributed by atoms with E-state index in [-0.39, 0.29) is 11.7 Å². The fraction of sp³-hybridized carbons (Fsp3) is 0.562. The molecule has 20 heavy (non-hydrogen) atoms. The summed E-state index contributed by atoms with van der Waals surface area (Å²) in [5, 5.41) is 9.71. The first-order chi connectivity index (χ1) is 9.53. The fourth-order valence-electron chi connectivity index (χ4n) is 3.75. The number of methoxy groups -OCH3 is 1. The van der Waals surface area contributed by atoms with Gasteiger partial charge < -0.3 is 4.74 Å². The molecular weight excluding hydrogens is 252 g/mol. The van der Waals surface area contributed by atoms with Gasteiger partial charge in [0.2, 0.25) is 5.88 Å². The second kappa shape index (κ2) is 4.31. The molecule has 4 unspecified atom stereocenters. The number of pyridine rings is 1. The number of fused-ring (bicyclic) bond motifs is 4. The number of carbonyl (C=O) groups excluding carboxylic acids is 1. The Labute approximate surface area is 118 Å². The lowest BCUT2D eigenvalue weighted by Crippen LogP contribution is -2.53. The minimum absolute atomic E-state index is 0.0880. The van der Waals surface area contributed by atoms with E-state index in [0.29, 0.717) is 30.6 Å². The molecule has 1 heterocycles. The number of nitriles is 1. The first-order valence-electron chi connectivity index (χ1n) is 7.03. The molecule has 2 aliphatic rings.